The van der Waals surface area contributed by atoms with Crippen molar-refractivity contribution in [1.29, 1.82) is 0 Å². The summed E-state index contributed by atoms with van der Waals surface area (Å²) in [5.74, 6) is 3.60. The Kier molecular flexibility index (Phi) is 6.21. The second-order valence-electron chi connectivity index (χ2n) is 4.96. The van der Waals surface area contributed by atoms with Crippen LogP contribution < -0.4 is 10.6 Å². The van der Waals surface area contributed by atoms with E-state index in [0.717, 1.165) is 18.8 Å². The van der Waals surface area contributed by atoms with Gasteiger partial charge in [-0.25, -0.2) is 0 Å². The van der Waals surface area contributed by atoms with E-state index < -0.39 is 0 Å². The molecule has 4 heteroatoms. The lowest BCUT2D eigenvalue weighted by atomic mass is 9.98. The van der Waals surface area contributed by atoms with Gasteiger partial charge in [-0.15, -0.1) is 0 Å². The summed E-state index contributed by atoms with van der Waals surface area (Å²) in [4.78, 5) is 11.7. The van der Waals surface area contributed by atoms with Crippen LogP contribution in [0.15, 0.2) is 0 Å². The van der Waals surface area contributed by atoms with Crippen LogP contribution >= 0.6 is 11.8 Å². The van der Waals surface area contributed by atoms with E-state index in [1.165, 1.54) is 5.75 Å². The van der Waals surface area contributed by atoms with E-state index in [0.29, 0.717) is 24.3 Å². The van der Waals surface area contributed by atoms with Gasteiger partial charge < -0.3 is 10.6 Å². The Morgan fingerprint density at radius 3 is 2.81 bits per heavy atom. The van der Waals surface area contributed by atoms with Gasteiger partial charge in [0.2, 0.25) is 5.91 Å². The molecule has 0 radical (unpaired) electrons. The Hall–Kier alpha value is -0.220. The standard InChI is InChI=1S/C12H24N2OS/c1-9(2)10(3)7-14-12(15)6-11-8-16-5-4-13-11/h9-11,13H,4-8H2,1-3H3,(H,14,15). The first-order valence-electron chi connectivity index (χ1n) is 6.17. The SMILES string of the molecule is CC(C)C(C)CNC(=O)CC1CSCCN1. The average molecular weight is 244 g/mol. The van der Waals surface area contributed by atoms with Crippen molar-refractivity contribution in [3.8, 4) is 0 Å². The Balaban J connectivity index is 2.14. The lowest BCUT2D eigenvalue weighted by Gasteiger charge is -2.23. The van der Waals surface area contributed by atoms with Gasteiger partial charge in [0.15, 0.2) is 0 Å². The topological polar surface area (TPSA) is 41.1 Å². The molecule has 1 rings (SSSR count). The first-order valence-corrected chi connectivity index (χ1v) is 7.33. The Morgan fingerprint density at radius 1 is 1.50 bits per heavy atom. The summed E-state index contributed by atoms with van der Waals surface area (Å²) in [5, 5.41) is 6.40. The van der Waals surface area contributed by atoms with Crippen LogP contribution in [-0.4, -0.2) is 36.5 Å². The predicted molar refractivity (Wildman–Crippen MR) is 70.7 cm³/mol. The molecule has 2 N–H and O–H groups in total. The third-order valence-corrected chi connectivity index (χ3v) is 4.32. The summed E-state index contributed by atoms with van der Waals surface area (Å²) in [6, 6.07) is 0.369. The van der Waals surface area contributed by atoms with Crippen molar-refractivity contribution in [3.63, 3.8) is 0 Å². The molecule has 0 aromatic heterocycles. The number of amides is 1. The summed E-state index contributed by atoms with van der Waals surface area (Å²) in [5.41, 5.74) is 0. The zero-order valence-electron chi connectivity index (χ0n) is 10.6. The van der Waals surface area contributed by atoms with Crippen molar-refractivity contribution in [2.75, 3.05) is 24.6 Å². The van der Waals surface area contributed by atoms with Crippen LogP contribution in [0.4, 0.5) is 0 Å². The predicted octanol–water partition coefficient (Wildman–Crippen LogP) is 1.49. The van der Waals surface area contributed by atoms with Crippen LogP contribution in [0.1, 0.15) is 27.2 Å². The zero-order valence-corrected chi connectivity index (χ0v) is 11.4. The zero-order chi connectivity index (χ0) is 12.0. The van der Waals surface area contributed by atoms with Crippen molar-refractivity contribution >= 4 is 17.7 Å². The molecule has 1 aliphatic rings. The fraction of sp³-hybridized carbons (Fsp3) is 0.917. The quantitative estimate of drug-likeness (QED) is 0.770. The minimum Gasteiger partial charge on any atom is -0.356 e. The Bertz CT molecular complexity index is 215. The number of carbonyl (C=O) groups is 1. The highest BCUT2D eigenvalue weighted by atomic mass is 32.2. The monoisotopic (exact) mass is 244 g/mol. The molecule has 0 saturated carbocycles. The number of hydrogen-bond donors (Lipinski definition) is 2. The van der Waals surface area contributed by atoms with E-state index >= 15 is 0 Å². The van der Waals surface area contributed by atoms with Crippen molar-refractivity contribution in [2.45, 2.75) is 33.2 Å². The van der Waals surface area contributed by atoms with Gasteiger partial charge in [0.25, 0.3) is 0 Å². The maximum absolute atomic E-state index is 11.7. The summed E-state index contributed by atoms with van der Waals surface area (Å²) in [7, 11) is 0. The maximum Gasteiger partial charge on any atom is 0.221 e. The minimum atomic E-state index is 0.188. The maximum atomic E-state index is 11.7. The second kappa shape index (κ2) is 7.17. The molecule has 0 aliphatic carbocycles. The lowest BCUT2D eigenvalue weighted by Crippen LogP contribution is -2.42. The molecule has 0 aromatic rings. The molecule has 16 heavy (non-hydrogen) atoms. The number of thioether (sulfide) groups is 1. The molecular weight excluding hydrogens is 220 g/mol. The molecule has 1 heterocycles. The van der Waals surface area contributed by atoms with Gasteiger partial charge in [0.1, 0.15) is 0 Å². The normalized spacial score (nSPS) is 23.1. The molecule has 1 saturated heterocycles. The van der Waals surface area contributed by atoms with Crippen LogP contribution in [-0.2, 0) is 4.79 Å². The third kappa shape index (κ3) is 5.21. The minimum absolute atomic E-state index is 0.188. The molecule has 1 fully saturated rings. The summed E-state index contributed by atoms with van der Waals surface area (Å²) in [6.07, 6.45) is 0.623. The van der Waals surface area contributed by atoms with Gasteiger partial charge in [-0.05, 0) is 11.8 Å². The van der Waals surface area contributed by atoms with Gasteiger partial charge in [0.05, 0.1) is 0 Å². The van der Waals surface area contributed by atoms with E-state index in [9.17, 15) is 4.79 Å². The van der Waals surface area contributed by atoms with Gasteiger partial charge in [-0.2, -0.15) is 11.8 Å². The van der Waals surface area contributed by atoms with Crippen molar-refractivity contribution in [3.05, 3.63) is 0 Å². The largest absolute Gasteiger partial charge is 0.356 e. The summed E-state index contributed by atoms with van der Waals surface area (Å²) < 4.78 is 0. The molecule has 1 amide bonds. The molecule has 1 aliphatic heterocycles. The molecule has 2 unspecified atom stereocenters. The van der Waals surface area contributed by atoms with E-state index in [1.807, 2.05) is 11.8 Å². The highest BCUT2D eigenvalue weighted by molar-refractivity contribution is 7.99. The van der Waals surface area contributed by atoms with Gasteiger partial charge in [-0.1, -0.05) is 20.8 Å². The van der Waals surface area contributed by atoms with E-state index in [4.69, 9.17) is 0 Å². The van der Waals surface area contributed by atoms with Crippen molar-refractivity contribution in [2.24, 2.45) is 11.8 Å². The highest BCUT2D eigenvalue weighted by Gasteiger charge is 2.17. The summed E-state index contributed by atoms with van der Waals surface area (Å²) in [6.45, 7) is 8.40. The van der Waals surface area contributed by atoms with Gasteiger partial charge in [-0.3, -0.25) is 4.79 Å². The lowest BCUT2D eigenvalue weighted by molar-refractivity contribution is -0.121. The number of nitrogens with one attached hydrogen (secondary N) is 2. The first-order chi connectivity index (χ1) is 7.59. The van der Waals surface area contributed by atoms with Crippen LogP contribution in [0.3, 0.4) is 0 Å². The molecule has 0 bridgehead atoms. The Morgan fingerprint density at radius 2 is 2.25 bits per heavy atom. The van der Waals surface area contributed by atoms with Crippen LogP contribution in [0.5, 0.6) is 0 Å². The van der Waals surface area contributed by atoms with E-state index in [1.54, 1.807) is 0 Å². The van der Waals surface area contributed by atoms with Crippen LogP contribution in [0.2, 0.25) is 0 Å². The van der Waals surface area contributed by atoms with E-state index in [2.05, 4.69) is 31.4 Å². The molecule has 2 atom stereocenters. The van der Waals surface area contributed by atoms with E-state index in [-0.39, 0.29) is 5.91 Å². The first kappa shape index (κ1) is 13.8. The highest BCUT2D eigenvalue weighted by Crippen LogP contribution is 2.11. The van der Waals surface area contributed by atoms with Crippen molar-refractivity contribution in [1.82, 2.24) is 10.6 Å². The third-order valence-electron chi connectivity index (χ3n) is 3.19. The molecular formula is C12H24N2OS. The number of carbonyl (C=O) groups excluding carboxylic acids is 1. The fourth-order valence-corrected chi connectivity index (χ4v) is 2.51. The second-order valence-corrected chi connectivity index (χ2v) is 6.11. The molecule has 0 aromatic carbocycles. The van der Waals surface area contributed by atoms with Crippen LogP contribution in [0, 0.1) is 11.8 Å². The smallest absolute Gasteiger partial charge is 0.221 e. The van der Waals surface area contributed by atoms with Gasteiger partial charge in [0, 0.05) is 37.1 Å². The summed E-state index contributed by atoms with van der Waals surface area (Å²) >= 11 is 1.93. The van der Waals surface area contributed by atoms with Gasteiger partial charge >= 0.3 is 0 Å². The Labute approximate surface area is 103 Å². The fourth-order valence-electron chi connectivity index (χ4n) is 1.56. The molecule has 3 nitrogen and oxygen atoms in total. The molecule has 94 valence electrons. The number of rotatable bonds is 5. The van der Waals surface area contributed by atoms with Crippen LogP contribution in [0.25, 0.3) is 0 Å². The molecule has 0 spiro atoms. The number of hydrogen-bond acceptors (Lipinski definition) is 3. The average Bonchev–Trinajstić information content (AvgIpc) is 2.27. The van der Waals surface area contributed by atoms with Crippen molar-refractivity contribution < 1.29 is 4.79 Å².